The zero-order valence-electron chi connectivity index (χ0n) is 12.9. The average molecular weight is 256 g/mol. The molecule has 0 aromatic heterocycles. The Morgan fingerprint density at radius 1 is 1.39 bits per heavy atom. The summed E-state index contributed by atoms with van der Waals surface area (Å²) in [5.41, 5.74) is 0. The van der Waals surface area contributed by atoms with Gasteiger partial charge < -0.3 is 10.1 Å². The molecular formula is C15H32N2O. The van der Waals surface area contributed by atoms with Crippen molar-refractivity contribution in [3.8, 4) is 0 Å². The second-order valence-electron chi connectivity index (χ2n) is 5.97. The van der Waals surface area contributed by atoms with Gasteiger partial charge >= 0.3 is 0 Å². The van der Waals surface area contributed by atoms with Crippen LogP contribution in [-0.4, -0.2) is 50.8 Å². The van der Waals surface area contributed by atoms with E-state index in [0.29, 0.717) is 12.1 Å². The van der Waals surface area contributed by atoms with E-state index in [2.05, 4.69) is 38.0 Å². The fraction of sp³-hybridized carbons (Fsp3) is 1.00. The Bertz CT molecular complexity index is 223. The fourth-order valence-corrected chi connectivity index (χ4v) is 3.35. The van der Waals surface area contributed by atoms with E-state index in [4.69, 9.17) is 4.74 Å². The van der Waals surface area contributed by atoms with Crippen LogP contribution < -0.4 is 5.32 Å². The first-order chi connectivity index (χ1) is 8.62. The van der Waals surface area contributed by atoms with Crippen molar-refractivity contribution in [1.82, 2.24) is 10.2 Å². The first-order valence-corrected chi connectivity index (χ1v) is 7.52. The van der Waals surface area contributed by atoms with E-state index in [1.807, 2.05) is 0 Å². The minimum absolute atomic E-state index is 0.523. The first-order valence-electron chi connectivity index (χ1n) is 7.52. The van der Waals surface area contributed by atoms with Gasteiger partial charge in [0.25, 0.3) is 0 Å². The smallest absolute Gasteiger partial charge is 0.0615 e. The number of ether oxygens (including phenoxy) is 1. The van der Waals surface area contributed by atoms with E-state index >= 15 is 0 Å². The molecule has 0 heterocycles. The minimum Gasteiger partial charge on any atom is -0.383 e. The van der Waals surface area contributed by atoms with Gasteiger partial charge in [-0.15, -0.1) is 0 Å². The first kappa shape index (κ1) is 15.9. The second-order valence-corrected chi connectivity index (χ2v) is 5.97. The molecule has 4 atom stereocenters. The van der Waals surface area contributed by atoms with Crippen LogP contribution >= 0.6 is 0 Å². The predicted molar refractivity (Wildman–Crippen MR) is 77.9 cm³/mol. The molecule has 3 nitrogen and oxygen atoms in total. The molecule has 0 amide bonds. The standard InChI is InChI=1S/C15H32N2O/c1-6-17(13(3)11-18-5)10-14-9-12(2)7-8-15(14)16-4/h12-16H,6-11H2,1-5H3. The van der Waals surface area contributed by atoms with Crippen LogP contribution in [0.1, 0.15) is 40.0 Å². The van der Waals surface area contributed by atoms with Crippen molar-refractivity contribution in [2.24, 2.45) is 11.8 Å². The monoisotopic (exact) mass is 256 g/mol. The molecule has 1 aliphatic rings. The van der Waals surface area contributed by atoms with Crippen LogP contribution in [0.2, 0.25) is 0 Å². The van der Waals surface area contributed by atoms with Crippen LogP contribution in [0.25, 0.3) is 0 Å². The molecule has 0 saturated heterocycles. The zero-order chi connectivity index (χ0) is 13.5. The summed E-state index contributed by atoms with van der Waals surface area (Å²) in [7, 11) is 3.91. The molecule has 3 heteroatoms. The van der Waals surface area contributed by atoms with Gasteiger partial charge in [0.2, 0.25) is 0 Å². The molecule has 1 rings (SSSR count). The third-order valence-corrected chi connectivity index (χ3v) is 4.52. The maximum Gasteiger partial charge on any atom is 0.0615 e. The summed E-state index contributed by atoms with van der Waals surface area (Å²) in [6.07, 6.45) is 4.07. The molecule has 0 aliphatic heterocycles. The molecule has 0 aromatic carbocycles. The Hall–Kier alpha value is -0.120. The molecule has 4 unspecified atom stereocenters. The Kier molecular flexibility index (Phi) is 7.20. The van der Waals surface area contributed by atoms with Gasteiger partial charge in [-0.2, -0.15) is 0 Å². The van der Waals surface area contributed by atoms with Crippen molar-refractivity contribution in [1.29, 1.82) is 0 Å². The summed E-state index contributed by atoms with van der Waals surface area (Å²) < 4.78 is 5.29. The Balaban J connectivity index is 2.54. The average Bonchev–Trinajstić information content (AvgIpc) is 2.36. The number of nitrogens with one attached hydrogen (secondary N) is 1. The van der Waals surface area contributed by atoms with E-state index in [1.54, 1.807) is 7.11 Å². The highest BCUT2D eigenvalue weighted by molar-refractivity contribution is 4.85. The number of methoxy groups -OCH3 is 1. The topological polar surface area (TPSA) is 24.5 Å². The van der Waals surface area contributed by atoms with E-state index in [-0.39, 0.29) is 0 Å². The lowest BCUT2D eigenvalue weighted by molar-refractivity contribution is 0.0738. The summed E-state index contributed by atoms with van der Waals surface area (Å²) in [4.78, 5) is 2.57. The number of hydrogen-bond acceptors (Lipinski definition) is 3. The maximum atomic E-state index is 5.29. The lowest BCUT2D eigenvalue weighted by atomic mass is 9.78. The molecule has 0 bridgehead atoms. The van der Waals surface area contributed by atoms with Gasteiger partial charge in [-0.05, 0) is 51.6 Å². The van der Waals surface area contributed by atoms with Crippen molar-refractivity contribution >= 4 is 0 Å². The number of likely N-dealkylation sites (N-methyl/N-ethyl adjacent to an activating group) is 1. The third-order valence-electron chi connectivity index (χ3n) is 4.52. The largest absolute Gasteiger partial charge is 0.383 e. The van der Waals surface area contributed by atoms with Crippen LogP contribution in [0.5, 0.6) is 0 Å². The summed E-state index contributed by atoms with van der Waals surface area (Å²) in [6.45, 7) is 10.1. The summed E-state index contributed by atoms with van der Waals surface area (Å²) >= 11 is 0. The van der Waals surface area contributed by atoms with Gasteiger partial charge in [-0.3, -0.25) is 4.90 Å². The third kappa shape index (κ3) is 4.52. The highest BCUT2D eigenvalue weighted by Crippen LogP contribution is 2.29. The van der Waals surface area contributed by atoms with Crippen LogP contribution in [0.3, 0.4) is 0 Å². The maximum absolute atomic E-state index is 5.29. The molecule has 1 fully saturated rings. The zero-order valence-corrected chi connectivity index (χ0v) is 12.9. The highest BCUT2D eigenvalue weighted by Gasteiger charge is 2.29. The van der Waals surface area contributed by atoms with Crippen molar-refractivity contribution in [3.63, 3.8) is 0 Å². The van der Waals surface area contributed by atoms with Crippen molar-refractivity contribution in [3.05, 3.63) is 0 Å². The SMILES string of the molecule is CCN(CC1CC(C)CCC1NC)C(C)COC. The van der Waals surface area contributed by atoms with Crippen LogP contribution in [-0.2, 0) is 4.74 Å². The molecule has 0 spiro atoms. The highest BCUT2D eigenvalue weighted by atomic mass is 16.5. The van der Waals surface area contributed by atoms with Gasteiger partial charge in [-0.1, -0.05) is 13.8 Å². The number of nitrogens with zero attached hydrogens (tertiary/aromatic N) is 1. The Morgan fingerprint density at radius 3 is 2.67 bits per heavy atom. The minimum atomic E-state index is 0.523. The summed E-state index contributed by atoms with van der Waals surface area (Å²) in [5.74, 6) is 1.68. The Morgan fingerprint density at radius 2 is 2.11 bits per heavy atom. The molecule has 1 saturated carbocycles. The molecule has 0 aromatic rings. The normalized spacial score (nSPS) is 30.7. The molecule has 1 aliphatic carbocycles. The predicted octanol–water partition coefficient (Wildman–Crippen LogP) is 2.37. The van der Waals surface area contributed by atoms with Crippen LogP contribution in [0, 0.1) is 11.8 Å². The van der Waals surface area contributed by atoms with Crippen molar-refractivity contribution < 1.29 is 4.74 Å². The van der Waals surface area contributed by atoms with Crippen molar-refractivity contribution in [2.45, 2.75) is 52.1 Å². The van der Waals surface area contributed by atoms with Gasteiger partial charge in [0.1, 0.15) is 0 Å². The van der Waals surface area contributed by atoms with Crippen molar-refractivity contribution in [2.75, 3.05) is 33.9 Å². The van der Waals surface area contributed by atoms with E-state index in [0.717, 1.165) is 25.0 Å². The number of rotatable bonds is 7. The van der Waals surface area contributed by atoms with Gasteiger partial charge in [0, 0.05) is 25.7 Å². The molecular weight excluding hydrogens is 224 g/mol. The van der Waals surface area contributed by atoms with Gasteiger partial charge in [-0.25, -0.2) is 0 Å². The second kappa shape index (κ2) is 8.13. The quantitative estimate of drug-likeness (QED) is 0.757. The van der Waals surface area contributed by atoms with E-state index in [9.17, 15) is 0 Å². The molecule has 1 N–H and O–H groups in total. The lowest BCUT2D eigenvalue weighted by Gasteiger charge is -2.39. The molecule has 18 heavy (non-hydrogen) atoms. The van der Waals surface area contributed by atoms with E-state index < -0.39 is 0 Å². The van der Waals surface area contributed by atoms with Gasteiger partial charge in [0.15, 0.2) is 0 Å². The fourth-order valence-electron chi connectivity index (χ4n) is 3.35. The summed E-state index contributed by atoms with van der Waals surface area (Å²) in [5, 5.41) is 3.52. The van der Waals surface area contributed by atoms with Gasteiger partial charge in [0.05, 0.1) is 6.61 Å². The van der Waals surface area contributed by atoms with E-state index in [1.165, 1.54) is 25.8 Å². The molecule has 0 radical (unpaired) electrons. The van der Waals surface area contributed by atoms with Crippen LogP contribution in [0.4, 0.5) is 0 Å². The lowest BCUT2D eigenvalue weighted by Crippen LogP contribution is -2.47. The summed E-state index contributed by atoms with van der Waals surface area (Å²) in [6, 6.07) is 1.22. The Labute approximate surface area is 113 Å². The molecule has 108 valence electrons. The van der Waals surface area contributed by atoms with Crippen LogP contribution in [0.15, 0.2) is 0 Å². The number of hydrogen-bond donors (Lipinski definition) is 1.